The monoisotopic (exact) mass is 335 g/mol. The summed E-state index contributed by atoms with van der Waals surface area (Å²) in [7, 11) is 0. The van der Waals surface area contributed by atoms with Crippen LogP contribution in [0.5, 0.6) is 5.75 Å². The molecule has 1 aromatic rings. The Hall–Kier alpha value is -1.95. The average Bonchev–Trinajstić information content (AvgIpc) is 2.47. The Morgan fingerprint density at radius 1 is 1.33 bits per heavy atom. The predicted molar refractivity (Wildman–Crippen MR) is 95.2 cm³/mol. The Bertz CT molecular complexity index is 557. The Balaban J connectivity index is 1.76. The molecule has 1 aromatic carbocycles. The fourth-order valence-corrected chi connectivity index (χ4v) is 2.70. The Morgan fingerprint density at radius 2 is 2.08 bits per heavy atom. The molecule has 1 fully saturated rings. The topological polar surface area (TPSA) is 68.0 Å². The van der Waals surface area contributed by atoms with Crippen LogP contribution in [0.25, 0.3) is 0 Å². The van der Waals surface area contributed by atoms with Crippen molar-refractivity contribution < 1.29 is 14.3 Å². The van der Waals surface area contributed by atoms with Crippen molar-refractivity contribution >= 4 is 11.8 Å². The minimum absolute atomic E-state index is 0.231. The van der Waals surface area contributed by atoms with Gasteiger partial charge in [-0.15, -0.1) is 0 Å². The average molecular weight is 335 g/mol. The maximum atomic E-state index is 12.1. The van der Waals surface area contributed by atoms with Crippen molar-refractivity contribution in [3.8, 4) is 5.75 Å². The van der Waals surface area contributed by atoms with E-state index in [1.54, 1.807) is 4.90 Å². The zero-order valence-corrected chi connectivity index (χ0v) is 15.1. The van der Waals surface area contributed by atoms with E-state index in [1.165, 1.54) is 0 Å². The van der Waals surface area contributed by atoms with E-state index < -0.39 is 5.60 Å². The first-order chi connectivity index (χ1) is 11.2. The van der Waals surface area contributed by atoms with Gasteiger partial charge in [0.1, 0.15) is 18.0 Å². The van der Waals surface area contributed by atoms with Gasteiger partial charge in [0.05, 0.1) is 0 Å². The number of piperazine rings is 1. The van der Waals surface area contributed by atoms with Gasteiger partial charge < -0.3 is 20.1 Å². The molecule has 2 N–H and O–H groups in total. The van der Waals surface area contributed by atoms with E-state index in [2.05, 4.69) is 11.8 Å². The molecular formula is C18H29N3O3. The van der Waals surface area contributed by atoms with Gasteiger partial charge in [0.15, 0.2) is 0 Å². The van der Waals surface area contributed by atoms with Crippen molar-refractivity contribution in [3.05, 3.63) is 24.3 Å². The van der Waals surface area contributed by atoms with Crippen molar-refractivity contribution in [2.45, 2.75) is 39.3 Å². The Labute approximate surface area is 144 Å². The van der Waals surface area contributed by atoms with Crippen LogP contribution >= 0.6 is 0 Å². The highest BCUT2D eigenvalue weighted by atomic mass is 16.6. The highest BCUT2D eigenvalue weighted by Crippen LogP contribution is 2.16. The first-order valence-corrected chi connectivity index (χ1v) is 8.45. The molecule has 1 aliphatic heterocycles. The van der Waals surface area contributed by atoms with Crippen molar-refractivity contribution in [2.24, 2.45) is 0 Å². The molecule has 1 heterocycles. The number of anilines is 1. The molecule has 0 saturated carbocycles. The molecule has 134 valence electrons. The van der Waals surface area contributed by atoms with Gasteiger partial charge in [0.2, 0.25) is 0 Å². The number of carbonyl (C=O) groups excluding carboxylic acids is 1. The molecule has 6 nitrogen and oxygen atoms in total. The molecule has 0 radical (unpaired) electrons. The number of hydrogen-bond acceptors (Lipinski definition) is 5. The molecule has 2 rings (SSSR count). The number of nitrogens with zero attached hydrogens (tertiary/aromatic N) is 2. The van der Waals surface area contributed by atoms with E-state index in [1.807, 2.05) is 45.0 Å². The minimum atomic E-state index is -0.456. The molecule has 24 heavy (non-hydrogen) atoms. The first-order valence-electron chi connectivity index (χ1n) is 8.45. The van der Waals surface area contributed by atoms with Gasteiger partial charge in [-0.1, -0.05) is 6.07 Å². The van der Waals surface area contributed by atoms with Crippen molar-refractivity contribution in [2.75, 3.05) is 38.5 Å². The van der Waals surface area contributed by atoms with E-state index in [4.69, 9.17) is 15.2 Å². The van der Waals surface area contributed by atoms with Gasteiger partial charge in [0, 0.05) is 44.0 Å². The Kier molecular flexibility index (Phi) is 5.94. The van der Waals surface area contributed by atoms with E-state index in [-0.39, 0.29) is 12.1 Å². The smallest absolute Gasteiger partial charge is 0.410 e. The molecule has 1 aliphatic rings. The number of nitrogen functional groups attached to an aromatic ring is 1. The summed E-state index contributed by atoms with van der Waals surface area (Å²) in [6, 6.07) is 7.72. The van der Waals surface area contributed by atoms with Crippen molar-refractivity contribution in [1.29, 1.82) is 0 Å². The SMILES string of the molecule is CC1CN(C(=O)OC(C)(C)C)CCN1CCOc1cccc(N)c1. The number of benzene rings is 1. The molecule has 0 bridgehead atoms. The Morgan fingerprint density at radius 3 is 2.71 bits per heavy atom. The fourth-order valence-electron chi connectivity index (χ4n) is 2.70. The lowest BCUT2D eigenvalue weighted by molar-refractivity contribution is 0.00431. The summed E-state index contributed by atoms with van der Waals surface area (Å²) in [5.41, 5.74) is 5.99. The molecule has 6 heteroatoms. The third-order valence-electron chi connectivity index (χ3n) is 3.92. The molecule has 1 amide bonds. The minimum Gasteiger partial charge on any atom is -0.492 e. The third-order valence-corrected chi connectivity index (χ3v) is 3.92. The molecule has 0 aromatic heterocycles. The van der Waals surface area contributed by atoms with Crippen molar-refractivity contribution in [1.82, 2.24) is 9.80 Å². The van der Waals surface area contributed by atoms with Gasteiger partial charge >= 0.3 is 6.09 Å². The van der Waals surface area contributed by atoms with Gasteiger partial charge in [-0.25, -0.2) is 4.79 Å². The van der Waals surface area contributed by atoms with E-state index >= 15 is 0 Å². The number of amides is 1. The second kappa shape index (κ2) is 7.75. The molecule has 1 atom stereocenters. The number of nitrogens with two attached hydrogens (primary N) is 1. The van der Waals surface area contributed by atoms with Crippen LogP contribution in [-0.2, 0) is 4.74 Å². The van der Waals surface area contributed by atoms with E-state index in [0.29, 0.717) is 25.4 Å². The predicted octanol–water partition coefficient (Wildman–Crippen LogP) is 2.59. The van der Waals surface area contributed by atoms with Crippen LogP contribution in [-0.4, -0.2) is 60.3 Å². The van der Waals surface area contributed by atoms with Crippen LogP contribution in [0.3, 0.4) is 0 Å². The van der Waals surface area contributed by atoms with Gasteiger partial charge in [0.25, 0.3) is 0 Å². The van der Waals surface area contributed by atoms with Crippen LogP contribution in [0, 0.1) is 0 Å². The summed E-state index contributed by atoms with van der Waals surface area (Å²) in [4.78, 5) is 16.3. The molecule has 0 spiro atoms. The van der Waals surface area contributed by atoms with Crippen LogP contribution in [0.1, 0.15) is 27.7 Å². The van der Waals surface area contributed by atoms with Crippen LogP contribution in [0.2, 0.25) is 0 Å². The quantitative estimate of drug-likeness (QED) is 0.857. The molecule has 1 unspecified atom stereocenters. The van der Waals surface area contributed by atoms with Crippen molar-refractivity contribution in [3.63, 3.8) is 0 Å². The molecule has 1 saturated heterocycles. The van der Waals surface area contributed by atoms with Crippen LogP contribution in [0.4, 0.5) is 10.5 Å². The molecular weight excluding hydrogens is 306 g/mol. The zero-order chi connectivity index (χ0) is 17.7. The zero-order valence-electron chi connectivity index (χ0n) is 15.1. The summed E-state index contributed by atoms with van der Waals surface area (Å²) >= 11 is 0. The normalized spacial score (nSPS) is 19.2. The largest absolute Gasteiger partial charge is 0.492 e. The third kappa shape index (κ3) is 5.60. The summed E-state index contributed by atoms with van der Waals surface area (Å²) < 4.78 is 11.2. The number of ether oxygens (including phenoxy) is 2. The maximum absolute atomic E-state index is 12.1. The van der Waals surface area contributed by atoms with Gasteiger partial charge in [-0.3, -0.25) is 4.90 Å². The standard InChI is InChI=1S/C18H29N3O3/c1-14-13-21(17(22)24-18(2,3)4)9-8-20(14)10-11-23-16-7-5-6-15(19)12-16/h5-7,12,14H,8-11,13,19H2,1-4H3. The highest BCUT2D eigenvalue weighted by molar-refractivity contribution is 5.68. The lowest BCUT2D eigenvalue weighted by Gasteiger charge is -2.40. The fraction of sp³-hybridized carbons (Fsp3) is 0.611. The lowest BCUT2D eigenvalue weighted by Crippen LogP contribution is -2.55. The number of carbonyl (C=O) groups is 1. The van der Waals surface area contributed by atoms with Crippen LogP contribution in [0.15, 0.2) is 24.3 Å². The maximum Gasteiger partial charge on any atom is 0.410 e. The summed E-state index contributed by atoms with van der Waals surface area (Å²) in [5, 5.41) is 0. The van der Waals surface area contributed by atoms with Gasteiger partial charge in [-0.2, -0.15) is 0 Å². The van der Waals surface area contributed by atoms with Gasteiger partial charge in [-0.05, 0) is 39.8 Å². The second-order valence-electron chi connectivity index (χ2n) is 7.23. The summed E-state index contributed by atoms with van der Waals surface area (Å²) in [6.45, 7) is 11.4. The van der Waals surface area contributed by atoms with E-state index in [9.17, 15) is 4.79 Å². The molecule has 0 aliphatic carbocycles. The number of rotatable bonds is 4. The first kappa shape index (κ1) is 18.4. The lowest BCUT2D eigenvalue weighted by atomic mass is 10.2. The summed E-state index contributed by atoms with van der Waals surface area (Å²) in [6.07, 6.45) is -0.231. The van der Waals surface area contributed by atoms with Crippen LogP contribution < -0.4 is 10.5 Å². The number of hydrogen-bond donors (Lipinski definition) is 1. The second-order valence-corrected chi connectivity index (χ2v) is 7.23. The van der Waals surface area contributed by atoms with E-state index in [0.717, 1.165) is 18.8 Å². The summed E-state index contributed by atoms with van der Waals surface area (Å²) in [5.74, 6) is 0.787. The highest BCUT2D eigenvalue weighted by Gasteiger charge is 2.29.